The topological polar surface area (TPSA) is 76.2 Å². The maximum atomic E-state index is 13.1. The van der Waals surface area contributed by atoms with Crippen molar-refractivity contribution in [3.8, 4) is 11.5 Å². The van der Waals surface area contributed by atoms with Crippen LogP contribution in [0.3, 0.4) is 0 Å². The summed E-state index contributed by atoms with van der Waals surface area (Å²) in [6.45, 7) is 6.30. The van der Waals surface area contributed by atoms with E-state index in [0.717, 1.165) is 32.2 Å². The molecule has 170 valence electrons. The number of ether oxygens (including phenoxy) is 2. The molecule has 0 saturated heterocycles. The van der Waals surface area contributed by atoms with Gasteiger partial charge in [-0.1, -0.05) is 13.0 Å². The predicted molar refractivity (Wildman–Crippen MR) is 120 cm³/mol. The van der Waals surface area contributed by atoms with Crippen LogP contribution in [0.1, 0.15) is 52.0 Å². The Morgan fingerprint density at radius 1 is 0.968 bits per heavy atom. The fraction of sp³-hybridized carbons (Fsp3) is 0.542. The van der Waals surface area contributed by atoms with Crippen molar-refractivity contribution in [2.24, 2.45) is 5.92 Å². The van der Waals surface area contributed by atoms with Crippen LogP contribution < -0.4 is 9.47 Å². The molecule has 1 saturated carbocycles. The molecular formula is C24H34N2O5. The van der Waals surface area contributed by atoms with Crippen molar-refractivity contribution < 1.29 is 23.9 Å². The van der Waals surface area contributed by atoms with Crippen molar-refractivity contribution >= 4 is 23.9 Å². The van der Waals surface area contributed by atoms with E-state index in [2.05, 4.69) is 11.8 Å². The van der Waals surface area contributed by atoms with E-state index < -0.39 is 11.9 Å². The Morgan fingerprint density at radius 3 is 2.16 bits per heavy atom. The second kappa shape index (κ2) is 11.6. The van der Waals surface area contributed by atoms with Gasteiger partial charge in [0, 0.05) is 39.1 Å². The van der Waals surface area contributed by atoms with Crippen LogP contribution in [0.2, 0.25) is 0 Å². The first-order valence-electron chi connectivity index (χ1n) is 10.8. The highest BCUT2D eigenvalue weighted by molar-refractivity contribution is 5.92. The second-order valence-corrected chi connectivity index (χ2v) is 8.48. The van der Waals surface area contributed by atoms with Gasteiger partial charge in [-0.3, -0.25) is 14.4 Å². The molecule has 1 aliphatic rings. The van der Waals surface area contributed by atoms with E-state index in [1.54, 1.807) is 30.4 Å². The second-order valence-electron chi connectivity index (χ2n) is 8.48. The van der Waals surface area contributed by atoms with Gasteiger partial charge in [0.05, 0.1) is 0 Å². The molecule has 7 nitrogen and oxygen atoms in total. The molecule has 0 unspecified atom stereocenters. The number of esters is 2. The van der Waals surface area contributed by atoms with Crippen molar-refractivity contribution in [1.82, 2.24) is 9.80 Å². The Balaban J connectivity index is 2.18. The van der Waals surface area contributed by atoms with E-state index in [0.29, 0.717) is 18.0 Å². The van der Waals surface area contributed by atoms with Crippen LogP contribution in [-0.2, 0) is 14.4 Å². The van der Waals surface area contributed by atoms with Gasteiger partial charge in [0.15, 0.2) is 11.5 Å². The van der Waals surface area contributed by atoms with E-state index >= 15 is 0 Å². The monoisotopic (exact) mass is 430 g/mol. The van der Waals surface area contributed by atoms with Crippen LogP contribution >= 0.6 is 0 Å². The van der Waals surface area contributed by atoms with E-state index in [-0.39, 0.29) is 23.4 Å². The van der Waals surface area contributed by atoms with E-state index in [1.807, 2.05) is 19.0 Å². The number of hydrogen-bond acceptors (Lipinski definition) is 6. The Morgan fingerprint density at radius 2 is 1.58 bits per heavy atom. The molecule has 31 heavy (non-hydrogen) atoms. The molecule has 1 amide bonds. The Kier molecular flexibility index (Phi) is 9.24. The SMILES string of the molecule is CC(=O)Oc1ccc(/C=C/C(=O)N(CCN(C)C)C2CCC(C)CC2)cc1OC(C)=O. The lowest BCUT2D eigenvalue weighted by Gasteiger charge is -2.36. The van der Waals surface area contributed by atoms with Crippen molar-refractivity contribution in [2.75, 3.05) is 27.2 Å². The smallest absolute Gasteiger partial charge is 0.308 e. The summed E-state index contributed by atoms with van der Waals surface area (Å²) in [6, 6.07) is 5.10. The first-order chi connectivity index (χ1) is 14.7. The van der Waals surface area contributed by atoms with Gasteiger partial charge in [-0.05, 0) is 69.5 Å². The minimum atomic E-state index is -0.521. The summed E-state index contributed by atoms with van der Waals surface area (Å²) in [5.74, 6) is -0.0390. The number of rotatable bonds is 8. The Bertz CT molecular complexity index is 810. The van der Waals surface area contributed by atoms with E-state index in [1.165, 1.54) is 13.8 Å². The molecule has 1 aromatic rings. The van der Waals surface area contributed by atoms with Crippen molar-refractivity contribution in [1.29, 1.82) is 0 Å². The van der Waals surface area contributed by atoms with Gasteiger partial charge in [-0.25, -0.2) is 0 Å². The molecule has 0 atom stereocenters. The summed E-state index contributed by atoms with van der Waals surface area (Å²) in [5, 5.41) is 0. The molecule has 1 aliphatic carbocycles. The molecule has 0 N–H and O–H groups in total. The van der Waals surface area contributed by atoms with Crippen molar-refractivity contribution in [3.05, 3.63) is 29.8 Å². The van der Waals surface area contributed by atoms with Crippen molar-refractivity contribution in [2.45, 2.75) is 52.5 Å². The number of hydrogen-bond donors (Lipinski definition) is 0. The molecule has 0 aromatic heterocycles. The third-order valence-electron chi connectivity index (χ3n) is 5.39. The van der Waals surface area contributed by atoms with E-state index in [9.17, 15) is 14.4 Å². The van der Waals surface area contributed by atoms with Gasteiger partial charge in [-0.2, -0.15) is 0 Å². The molecule has 0 heterocycles. The minimum Gasteiger partial charge on any atom is -0.423 e. The van der Waals surface area contributed by atoms with Gasteiger partial charge in [0.1, 0.15) is 0 Å². The summed E-state index contributed by atoms with van der Waals surface area (Å²) in [5.41, 5.74) is 0.672. The zero-order valence-electron chi connectivity index (χ0n) is 19.2. The zero-order valence-corrected chi connectivity index (χ0v) is 19.2. The molecule has 0 radical (unpaired) electrons. The zero-order chi connectivity index (χ0) is 23.0. The fourth-order valence-electron chi connectivity index (χ4n) is 3.70. The maximum absolute atomic E-state index is 13.1. The molecule has 0 aliphatic heterocycles. The van der Waals surface area contributed by atoms with Crippen LogP contribution in [0.4, 0.5) is 0 Å². The lowest BCUT2D eigenvalue weighted by atomic mass is 9.86. The van der Waals surface area contributed by atoms with Gasteiger partial charge in [0.2, 0.25) is 5.91 Å². The normalized spacial score (nSPS) is 18.8. The van der Waals surface area contributed by atoms with Gasteiger partial charge in [0.25, 0.3) is 0 Å². The van der Waals surface area contributed by atoms with Crippen LogP contribution in [0.15, 0.2) is 24.3 Å². The lowest BCUT2D eigenvalue weighted by Crippen LogP contribution is -2.44. The molecule has 2 rings (SSSR count). The summed E-state index contributed by atoms with van der Waals surface area (Å²) < 4.78 is 10.2. The molecule has 0 bridgehead atoms. The number of carbonyl (C=O) groups excluding carboxylic acids is 3. The number of likely N-dealkylation sites (N-methyl/N-ethyl adjacent to an activating group) is 1. The van der Waals surface area contributed by atoms with Crippen LogP contribution in [0.25, 0.3) is 6.08 Å². The number of nitrogens with zero attached hydrogens (tertiary/aromatic N) is 2. The molecular weight excluding hydrogens is 396 g/mol. The molecule has 0 spiro atoms. The Hall–Kier alpha value is -2.67. The van der Waals surface area contributed by atoms with Crippen LogP contribution in [0.5, 0.6) is 11.5 Å². The number of carbonyl (C=O) groups is 3. The highest BCUT2D eigenvalue weighted by atomic mass is 16.6. The largest absolute Gasteiger partial charge is 0.423 e. The number of amides is 1. The number of benzene rings is 1. The first kappa shape index (κ1) is 24.6. The van der Waals surface area contributed by atoms with Crippen LogP contribution in [0, 0.1) is 5.92 Å². The maximum Gasteiger partial charge on any atom is 0.308 e. The average Bonchev–Trinajstić information content (AvgIpc) is 2.68. The van der Waals surface area contributed by atoms with E-state index in [4.69, 9.17) is 9.47 Å². The van der Waals surface area contributed by atoms with Gasteiger partial charge in [-0.15, -0.1) is 0 Å². The predicted octanol–water partition coefficient (Wildman–Crippen LogP) is 3.52. The average molecular weight is 431 g/mol. The summed E-state index contributed by atoms with van der Waals surface area (Å²) in [6.07, 6.45) is 7.60. The van der Waals surface area contributed by atoms with Gasteiger partial charge < -0.3 is 19.3 Å². The highest BCUT2D eigenvalue weighted by Gasteiger charge is 2.26. The van der Waals surface area contributed by atoms with Gasteiger partial charge >= 0.3 is 11.9 Å². The molecule has 1 aromatic carbocycles. The fourth-order valence-corrected chi connectivity index (χ4v) is 3.70. The summed E-state index contributed by atoms with van der Waals surface area (Å²) in [4.78, 5) is 39.8. The first-order valence-corrected chi connectivity index (χ1v) is 10.8. The summed E-state index contributed by atoms with van der Waals surface area (Å²) in [7, 11) is 4.01. The highest BCUT2D eigenvalue weighted by Crippen LogP contribution is 2.30. The standard InChI is InChI=1S/C24H34N2O5/c1-17-6-10-21(11-7-17)26(15-14-25(4)5)24(29)13-9-20-8-12-22(30-18(2)27)23(16-20)31-19(3)28/h8-9,12-13,16-17,21H,6-7,10-11,14-15H2,1-5H3/b13-9+. The molecule has 7 heteroatoms. The third-order valence-corrected chi connectivity index (χ3v) is 5.39. The third kappa shape index (κ3) is 8.17. The van der Waals surface area contributed by atoms with Crippen molar-refractivity contribution in [3.63, 3.8) is 0 Å². The quantitative estimate of drug-likeness (QED) is 0.357. The molecule has 1 fully saturated rings. The Labute approximate surface area is 185 Å². The minimum absolute atomic E-state index is 0.0282. The lowest BCUT2D eigenvalue weighted by molar-refractivity contribution is -0.134. The summed E-state index contributed by atoms with van der Waals surface area (Å²) >= 11 is 0. The van der Waals surface area contributed by atoms with Crippen LogP contribution in [-0.4, -0.2) is 60.9 Å².